The summed E-state index contributed by atoms with van der Waals surface area (Å²) in [6.07, 6.45) is 10.8. The van der Waals surface area contributed by atoms with Crippen molar-refractivity contribution in [1.82, 2.24) is 10.3 Å². The number of hydrogen-bond acceptors (Lipinski definition) is 4. The first-order chi connectivity index (χ1) is 13.1. The van der Waals surface area contributed by atoms with E-state index in [1.54, 1.807) is 12.3 Å². The summed E-state index contributed by atoms with van der Waals surface area (Å²) in [5, 5.41) is 3.78. The minimum atomic E-state index is -0.0519. The molecule has 6 heteroatoms. The van der Waals surface area contributed by atoms with E-state index >= 15 is 0 Å². The highest BCUT2D eigenvalue weighted by atomic mass is 35.5. The molecule has 1 aromatic heterocycles. The van der Waals surface area contributed by atoms with Gasteiger partial charge in [-0.1, -0.05) is 11.6 Å². The number of halogens is 1. The molecule has 0 unspecified atom stereocenters. The summed E-state index contributed by atoms with van der Waals surface area (Å²) in [7, 11) is 0. The third kappa shape index (κ3) is 3.56. The highest BCUT2D eigenvalue weighted by molar-refractivity contribution is 6.32. The van der Waals surface area contributed by atoms with E-state index < -0.39 is 0 Å². The molecule has 4 saturated carbocycles. The highest BCUT2D eigenvalue weighted by Gasteiger charge is 2.51. The van der Waals surface area contributed by atoms with Gasteiger partial charge in [0.15, 0.2) is 0 Å². The summed E-state index contributed by atoms with van der Waals surface area (Å²) in [5.74, 6) is 2.76. The molecule has 0 radical (unpaired) electrons. The van der Waals surface area contributed by atoms with Crippen LogP contribution in [-0.2, 0) is 4.74 Å². The number of hydrogen-bond donors (Lipinski definition) is 1. The van der Waals surface area contributed by atoms with E-state index in [-0.39, 0.29) is 17.6 Å². The van der Waals surface area contributed by atoms with E-state index in [0.717, 1.165) is 49.9 Å². The lowest BCUT2D eigenvalue weighted by Gasteiger charge is -2.56. The highest BCUT2D eigenvalue weighted by Crippen LogP contribution is 2.55. The molecule has 1 aliphatic heterocycles. The van der Waals surface area contributed by atoms with Crippen LogP contribution in [0.4, 0.5) is 0 Å². The zero-order valence-corrected chi connectivity index (χ0v) is 16.3. The van der Waals surface area contributed by atoms with Gasteiger partial charge in [-0.05, 0) is 62.3 Å². The quantitative estimate of drug-likeness (QED) is 0.844. The lowest BCUT2D eigenvalue weighted by molar-refractivity contribution is -0.0167. The average molecular weight is 391 g/mol. The molecule has 0 atom stereocenters. The first kappa shape index (κ1) is 17.7. The topological polar surface area (TPSA) is 60.5 Å². The average Bonchev–Trinajstić information content (AvgIpc) is 2.62. The zero-order valence-electron chi connectivity index (χ0n) is 15.6. The summed E-state index contributed by atoms with van der Waals surface area (Å²) >= 11 is 6.37. The number of nitrogens with zero attached hydrogens (tertiary/aromatic N) is 1. The summed E-state index contributed by atoms with van der Waals surface area (Å²) in [6.45, 7) is 1.40. The van der Waals surface area contributed by atoms with E-state index in [0.29, 0.717) is 29.7 Å². The maximum atomic E-state index is 12.9. The van der Waals surface area contributed by atoms with Crippen molar-refractivity contribution in [1.29, 1.82) is 0 Å². The molecule has 6 rings (SSSR count). The predicted octanol–water partition coefficient (Wildman–Crippen LogP) is 3.99. The Kier molecular flexibility index (Phi) is 4.55. The molecular weight excluding hydrogens is 364 g/mol. The Labute approximate surface area is 165 Å². The van der Waals surface area contributed by atoms with Crippen LogP contribution in [0, 0.1) is 17.8 Å². The van der Waals surface area contributed by atoms with Crippen LogP contribution < -0.4 is 10.1 Å². The normalized spacial score (nSPS) is 35.2. The number of carbonyl (C=O) groups is 1. The Bertz CT molecular complexity index is 697. The number of rotatable bonds is 4. The van der Waals surface area contributed by atoms with E-state index in [2.05, 4.69) is 10.3 Å². The third-order valence-corrected chi connectivity index (χ3v) is 7.20. The third-order valence-electron chi connectivity index (χ3n) is 6.93. The minimum Gasteiger partial charge on any atom is -0.473 e. The number of pyridine rings is 1. The first-order valence-electron chi connectivity index (χ1n) is 10.3. The summed E-state index contributed by atoms with van der Waals surface area (Å²) < 4.78 is 11.2. The van der Waals surface area contributed by atoms with Crippen molar-refractivity contribution >= 4 is 17.5 Å². The van der Waals surface area contributed by atoms with Gasteiger partial charge >= 0.3 is 0 Å². The molecule has 5 fully saturated rings. The van der Waals surface area contributed by atoms with Crippen LogP contribution >= 0.6 is 11.6 Å². The summed E-state index contributed by atoms with van der Waals surface area (Å²) in [4.78, 5) is 17.2. The van der Waals surface area contributed by atoms with Crippen molar-refractivity contribution < 1.29 is 14.3 Å². The molecule has 2 heterocycles. The van der Waals surface area contributed by atoms with Gasteiger partial charge in [0.1, 0.15) is 11.1 Å². The fourth-order valence-corrected chi connectivity index (χ4v) is 6.38. The van der Waals surface area contributed by atoms with Gasteiger partial charge in [0.05, 0.1) is 18.8 Å². The van der Waals surface area contributed by atoms with E-state index in [1.165, 1.54) is 19.3 Å². The predicted molar refractivity (Wildman–Crippen MR) is 102 cm³/mol. The Morgan fingerprint density at radius 2 is 1.78 bits per heavy atom. The second-order valence-corrected chi connectivity index (χ2v) is 9.50. The Morgan fingerprint density at radius 1 is 1.15 bits per heavy atom. The monoisotopic (exact) mass is 390 g/mol. The SMILES string of the molecule is O=C(NC12CC3CC(CC(C3)C1)C2)c1cnc(OC2CCOCC2)c(Cl)c1. The van der Waals surface area contributed by atoms with Crippen LogP contribution in [0.25, 0.3) is 0 Å². The van der Waals surface area contributed by atoms with Gasteiger partial charge < -0.3 is 14.8 Å². The molecule has 1 aromatic rings. The van der Waals surface area contributed by atoms with Crippen molar-refractivity contribution in [2.75, 3.05) is 13.2 Å². The van der Waals surface area contributed by atoms with Gasteiger partial charge in [0.2, 0.25) is 5.88 Å². The van der Waals surface area contributed by atoms with Gasteiger partial charge in [-0.3, -0.25) is 4.79 Å². The van der Waals surface area contributed by atoms with Gasteiger partial charge in [-0.25, -0.2) is 4.98 Å². The van der Waals surface area contributed by atoms with Crippen molar-refractivity contribution in [3.05, 3.63) is 22.8 Å². The first-order valence-corrected chi connectivity index (χ1v) is 10.7. The number of ether oxygens (including phenoxy) is 2. The molecule has 1 saturated heterocycles. The molecule has 0 spiro atoms. The molecule has 27 heavy (non-hydrogen) atoms. The van der Waals surface area contributed by atoms with Gasteiger partial charge in [0, 0.05) is 24.6 Å². The Hall–Kier alpha value is -1.33. The standard InChI is InChI=1S/C21H27ClN2O3/c22-18-8-16(12-23-20(18)27-17-1-3-26-4-2-17)19(25)24-21-9-13-5-14(10-21)7-15(6-13)11-21/h8,12-15,17H,1-7,9-11H2,(H,24,25). The smallest absolute Gasteiger partial charge is 0.253 e. The van der Waals surface area contributed by atoms with Crippen LogP contribution in [-0.4, -0.2) is 35.7 Å². The number of amides is 1. The van der Waals surface area contributed by atoms with E-state index in [9.17, 15) is 4.79 Å². The van der Waals surface area contributed by atoms with Crippen molar-refractivity contribution in [2.24, 2.45) is 17.8 Å². The lowest BCUT2D eigenvalue weighted by Crippen LogP contribution is -2.59. The number of nitrogens with one attached hydrogen (secondary N) is 1. The molecule has 1 N–H and O–H groups in total. The van der Waals surface area contributed by atoms with E-state index in [4.69, 9.17) is 21.1 Å². The molecular formula is C21H27ClN2O3. The van der Waals surface area contributed by atoms with Gasteiger partial charge in [-0.15, -0.1) is 0 Å². The molecule has 5 aliphatic rings. The fraction of sp³-hybridized carbons (Fsp3) is 0.714. The van der Waals surface area contributed by atoms with Gasteiger partial charge in [-0.2, -0.15) is 0 Å². The van der Waals surface area contributed by atoms with Gasteiger partial charge in [0.25, 0.3) is 5.91 Å². The summed E-state index contributed by atoms with van der Waals surface area (Å²) in [6, 6.07) is 1.69. The Morgan fingerprint density at radius 3 is 2.37 bits per heavy atom. The molecule has 146 valence electrons. The van der Waals surface area contributed by atoms with Crippen molar-refractivity contribution in [3.8, 4) is 5.88 Å². The van der Waals surface area contributed by atoms with Crippen LogP contribution in [0.15, 0.2) is 12.3 Å². The van der Waals surface area contributed by atoms with Crippen molar-refractivity contribution in [3.63, 3.8) is 0 Å². The zero-order chi connectivity index (χ0) is 18.4. The molecule has 0 aromatic carbocycles. The second-order valence-electron chi connectivity index (χ2n) is 9.09. The lowest BCUT2D eigenvalue weighted by atomic mass is 9.53. The minimum absolute atomic E-state index is 0.00439. The van der Waals surface area contributed by atoms with E-state index in [1.807, 2.05) is 0 Å². The molecule has 4 bridgehead atoms. The second kappa shape index (κ2) is 6.93. The molecule has 4 aliphatic carbocycles. The largest absolute Gasteiger partial charge is 0.473 e. The molecule has 5 nitrogen and oxygen atoms in total. The fourth-order valence-electron chi connectivity index (χ4n) is 6.16. The number of aromatic nitrogens is 1. The molecule has 1 amide bonds. The van der Waals surface area contributed by atoms with Crippen LogP contribution in [0.2, 0.25) is 5.02 Å². The number of carbonyl (C=O) groups excluding carboxylic acids is 1. The maximum absolute atomic E-state index is 12.9. The van der Waals surface area contributed by atoms with Crippen molar-refractivity contribution in [2.45, 2.75) is 63.0 Å². The van der Waals surface area contributed by atoms with Crippen LogP contribution in [0.3, 0.4) is 0 Å². The Balaban J connectivity index is 1.27. The van der Waals surface area contributed by atoms with Crippen LogP contribution in [0.5, 0.6) is 5.88 Å². The van der Waals surface area contributed by atoms with Crippen LogP contribution in [0.1, 0.15) is 61.7 Å². The summed E-state index contributed by atoms with van der Waals surface area (Å²) in [5.41, 5.74) is 0.519. The maximum Gasteiger partial charge on any atom is 0.253 e.